The summed E-state index contributed by atoms with van der Waals surface area (Å²) in [6.07, 6.45) is 1.15. The molecule has 0 amide bonds. The number of nitrogens with one attached hydrogen (secondary N) is 1. The molecule has 0 fully saturated rings. The van der Waals surface area contributed by atoms with Gasteiger partial charge in [-0.05, 0) is 43.3 Å². The molecule has 0 radical (unpaired) electrons. The minimum Gasteiger partial charge on any atom is -0.464 e. The largest absolute Gasteiger partial charge is 0.464 e. The first-order chi connectivity index (χ1) is 9.28. The lowest BCUT2D eigenvalue weighted by atomic mass is 10.4. The first kappa shape index (κ1) is 14.7. The van der Waals surface area contributed by atoms with Gasteiger partial charge in [-0.15, -0.1) is 11.8 Å². The van der Waals surface area contributed by atoms with Gasteiger partial charge in [-0.1, -0.05) is 28.9 Å². The van der Waals surface area contributed by atoms with Crippen molar-refractivity contribution in [2.24, 2.45) is 0 Å². The average molecular weight is 340 g/mol. The Bertz CT molecular complexity index is 512. The van der Waals surface area contributed by atoms with Crippen molar-refractivity contribution in [3.8, 4) is 0 Å². The Labute approximate surface area is 127 Å². The van der Waals surface area contributed by atoms with Crippen LogP contribution in [0.25, 0.3) is 0 Å². The normalized spacial score (nSPS) is 10.8. The van der Waals surface area contributed by atoms with Crippen LogP contribution in [0, 0.1) is 0 Å². The van der Waals surface area contributed by atoms with Crippen molar-refractivity contribution in [2.75, 3.05) is 6.54 Å². The maximum absolute atomic E-state index is 5.79. The van der Waals surface area contributed by atoms with Crippen LogP contribution in [0.3, 0.4) is 0 Å². The second kappa shape index (κ2) is 7.78. The predicted molar refractivity (Wildman–Crippen MR) is 84.4 cm³/mol. The number of hydrogen-bond donors (Lipinski definition) is 1. The van der Waals surface area contributed by atoms with Crippen LogP contribution in [-0.2, 0) is 12.3 Å². The van der Waals surface area contributed by atoms with E-state index in [2.05, 4.69) is 58.5 Å². The topological polar surface area (TPSA) is 25.2 Å². The molecule has 0 aliphatic carbocycles. The molecular weight excluding hydrogens is 322 g/mol. The second-order valence-corrected chi connectivity index (χ2v) is 6.26. The third kappa shape index (κ3) is 5.05. The number of hydrogen-bond acceptors (Lipinski definition) is 3. The van der Waals surface area contributed by atoms with E-state index < -0.39 is 0 Å². The quantitative estimate of drug-likeness (QED) is 0.577. The van der Waals surface area contributed by atoms with E-state index in [1.165, 1.54) is 4.90 Å². The molecule has 0 saturated heterocycles. The van der Waals surface area contributed by atoms with Gasteiger partial charge in [0.05, 0.1) is 12.3 Å². The van der Waals surface area contributed by atoms with Crippen LogP contribution < -0.4 is 5.32 Å². The summed E-state index contributed by atoms with van der Waals surface area (Å²) in [5.74, 6) is 2.90. The van der Waals surface area contributed by atoms with Crippen molar-refractivity contribution < 1.29 is 4.42 Å². The lowest BCUT2D eigenvalue weighted by Gasteiger charge is -2.01. The molecule has 0 bridgehead atoms. The molecule has 0 saturated carbocycles. The van der Waals surface area contributed by atoms with Crippen LogP contribution in [0.15, 0.2) is 50.2 Å². The van der Waals surface area contributed by atoms with Gasteiger partial charge < -0.3 is 9.73 Å². The summed E-state index contributed by atoms with van der Waals surface area (Å²) in [6.45, 7) is 4.01. The van der Waals surface area contributed by atoms with E-state index in [4.69, 9.17) is 4.42 Å². The third-order valence-corrected chi connectivity index (χ3v) is 4.13. The van der Waals surface area contributed by atoms with Gasteiger partial charge in [-0.2, -0.15) is 0 Å². The Morgan fingerprint density at radius 2 is 2.05 bits per heavy atom. The van der Waals surface area contributed by atoms with E-state index in [0.29, 0.717) is 0 Å². The number of furan rings is 1. The highest BCUT2D eigenvalue weighted by atomic mass is 79.9. The van der Waals surface area contributed by atoms with Crippen LogP contribution in [0.1, 0.15) is 24.9 Å². The Kier molecular flexibility index (Phi) is 6.01. The van der Waals surface area contributed by atoms with E-state index in [-0.39, 0.29) is 0 Å². The number of rotatable bonds is 7. The molecule has 1 N–H and O–H groups in total. The smallest absolute Gasteiger partial charge is 0.118 e. The van der Waals surface area contributed by atoms with Crippen LogP contribution >= 0.6 is 27.7 Å². The van der Waals surface area contributed by atoms with Crippen molar-refractivity contribution in [2.45, 2.75) is 30.5 Å². The van der Waals surface area contributed by atoms with E-state index in [0.717, 1.165) is 41.3 Å². The van der Waals surface area contributed by atoms with Crippen LogP contribution in [0.2, 0.25) is 0 Å². The summed E-state index contributed by atoms with van der Waals surface area (Å²) in [5, 5.41) is 3.34. The molecule has 19 heavy (non-hydrogen) atoms. The number of benzene rings is 1. The monoisotopic (exact) mass is 339 g/mol. The Morgan fingerprint density at radius 3 is 2.84 bits per heavy atom. The molecule has 0 aliphatic heterocycles. The molecule has 2 nitrogen and oxygen atoms in total. The van der Waals surface area contributed by atoms with E-state index in [9.17, 15) is 0 Å². The summed E-state index contributed by atoms with van der Waals surface area (Å²) in [4.78, 5) is 1.25. The van der Waals surface area contributed by atoms with Crippen molar-refractivity contribution in [3.05, 3.63) is 52.4 Å². The second-order valence-electron chi connectivity index (χ2n) is 4.29. The first-order valence-electron chi connectivity index (χ1n) is 6.44. The lowest BCUT2D eigenvalue weighted by molar-refractivity contribution is 0.459. The molecular formula is C15H18BrNOS. The van der Waals surface area contributed by atoms with Crippen LogP contribution in [-0.4, -0.2) is 6.54 Å². The fourth-order valence-corrected chi connectivity index (χ4v) is 3.09. The van der Waals surface area contributed by atoms with Gasteiger partial charge in [-0.25, -0.2) is 0 Å². The first-order valence-corrected chi connectivity index (χ1v) is 8.22. The summed E-state index contributed by atoms with van der Waals surface area (Å²) in [5.41, 5.74) is 0. The van der Waals surface area contributed by atoms with Gasteiger partial charge in [-0.3, -0.25) is 0 Å². The van der Waals surface area contributed by atoms with Crippen molar-refractivity contribution in [1.29, 1.82) is 0 Å². The Balaban J connectivity index is 1.83. The maximum Gasteiger partial charge on any atom is 0.118 e. The number of thioether (sulfide) groups is 1. The summed E-state index contributed by atoms with van der Waals surface area (Å²) in [6, 6.07) is 12.4. The highest BCUT2D eigenvalue weighted by molar-refractivity contribution is 9.10. The molecule has 0 spiro atoms. The standard InChI is InChI=1S/C15H18BrNOS/c1-2-8-17-10-13-6-7-14(18-13)11-19-15-5-3-4-12(16)9-15/h3-7,9,17H,2,8,10-11H2,1H3. The van der Waals surface area contributed by atoms with E-state index in [1.807, 2.05) is 6.07 Å². The minimum atomic E-state index is 0.815. The molecule has 0 aliphatic rings. The zero-order valence-electron chi connectivity index (χ0n) is 11.0. The Morgan fingerprint density at radius 1 is 1.21 bits per heavy atom. The van der Waals surface area contributed by atoms with Gasteiger partial charge in [0.1, 0.15) is 11.5 Å². The van der Waals surface area contributed by atoms with Gasteiger partial charge in [0.2, 0.25) is 0 Å². The molecule has 2 aromatic rings. The van der Waals surface area contributed by atoms with Gasteiger partial charge in [0, 0.05) is 9.37 Å². The molecule has 0 unspecified atom stereocenters. The molecule has 2 rings (SSSR count). The molecule has 1 aromatic heterocycles. The van der Waals surface area contributed by atoms with E-state index in [1.54, 1.807) is 11.8 Å². The summed E-state index contributed by atoms with van der Waals surface area (Å²) in [7, 11) is 0. The van der Waals surface area contributed by atoms with Crippen LogP contribution in [0.4, 0.5) is 0 Å². The summed E-state index contributed by atoms with van der Waals surface area (Å²) < 4.78 is 6.90. The van der Waals surface area contributed by atoms with Gasteiger partial charge in [0.15, 0.2) is 0 Å². The predicted octanol–water partition coefficient (Wildman–Crippen LogP) is 4.83. The van der Waals surface area contributed by atoms with Crippen molar-refractivity contribution in [3.63, 3.8) is 0 Å². The Hall–Kier alpha value is -0.710. The minimum absolute atomic E-state index is 0.815. The average Bonchev–Trinajstić information content (AvgIpc) is 2.85. The zero-order valence-corrected chi connectivity index (χ0v) is 13.4. The van der Waals surface area contributed by atoms with Crippen LogP contribution in [0.5, 0.6) is 0 Å². The van der Waals surface area contributed by atoms with Crippen molar-refractivity contribution in [1.82, 2.24) is 5.32 Å². The molecule has 1 aromatic carbocycles. The third-order valence-electron chi connectivity index (χ3n) is 2.62. The molecule has 102 valence electrons. The van der Waals surface area contributed by atoms with Crippen molar-refractivity contribution >= 4 is 27.7 Å². The van der Waals surface area contributed by atoms with Gasteiger partial charge >= 0.3 is 0 Å². The molecule has 0 atom stereocenters. The molecule has 1 heterocycles. The fraction of sp³-hybridized carbons (Fsp3) is 0.333. The zero-order chi connectivity index (χ0) is 13.5. The lowest BCUT2D eigenvalue weighted by Crippen LogP contribution is -2.12. The highest BCUT2D eigenvalue weighted by Crippen LogP contribution is 2.26. The summed E-state index contributed by atoms with van der Waals surface area (Å²) >= 11 is 5.27. The molecule has 4 heteroatoms. The number of halogens is 1. The maximum atomic E-state index is 5.79. The van der Waals surface area contributed by atoms with Gasteiger partial charge in [0.25, 0.3) is 0 Å². The fourth-order valence-electron chi connectivity index (χ4n) is 1.69. The highest BCUT2D eigenvalue weighted by Gasteiger charge is 2.03. The SMILES string of the molecule is CCCNCc1ccc(CSc2cccc(Br)c2)o1. The van der Waals surface area contributed by atoms with E-state index >= 15 is 0 Å².